The van der Waals surface area contributed by atoms with E-state index >= 15 is 0 Å². The van der Waals surface area contributed by atoms with Gasteiger partial charge in [0.2, 0.25) is 0 Å². The first-order chi connectivity index (χ1) is 12.5. The molecule has 5 nitrogen and oxygen atoms in total. The Hall–Kier alpha value is -1.44. The fourth-order valence-corrected chi connectivity index (χ4v) is 2.75. The summed E-state index contributed by atoms with van der Waals surface area (Å²) in [5, 5.41) is 2.87. The van der Waals surface area contributed by atoms with E-state index in [1.165, 1.54) is 29.2 Å². The number of halogens is 7. The Morgan fingerprint density at radius 2 is 1.82 bits per heavy atom. The monoisotopic (exact) mass is 526 g/mol. The quantitative estimate of drug-likeness (QED) is 0.258. The lowest BCUT2D eigenvalue weighted by Crippen LogP contribution is -2.37. The highest BCUT2D eigenvalue weighted by molar-refractivity contribution is 14.0. The number of ether oxygens (including phenoxy) is 1. The van der Waals surface area contributed by atoms with Crippen LogP contribution in [0.5, 0.6) is 5.75 Å². The van der Waals surface area contributed by atoms with Crippen molar-refractivity contribution in [3.05, 3.63) is 29.8 Å². The molecule has 1 aromatic rings. The molecule has 1 atom stereocenters. The number of hydrogen-bond donors (Lipinski definition) is 2. The summed E-state index contributed by atoms with van der Waals surface area (Å²) in [6.45, 7) is 0.356. The number of nitrogens with zero attached hydrogens (tertiary/aromatic N) is 2. The van der Waals surface area contributed by atoms with E-state index in [9.17, 15) is 26.3 Å². The first kappa shape index (κ1) is 24.6. The second kappa shape index (κ2) is 10.4. The number of alkyl halides is 6. The van der Waals surface area contributed by atoms with Crippen molar-refractivity contribution in [3.8, 4) is 5.75 Å². The molecule has 0 spiro atoms. The van der Waals surface area contributed by atoms with Crippen LogP contribution in [0.2, 0.25) is 0 Å². The molecule has 1 aromatic carbocycles. The van der Waals surface area contributed by atoms with Gasteiger partial charge in [-0.05, 0) is 36.6 Å². The normalized spacial score (nSPS) is 18.6. The molecular weight excluding hydrogens is 505 g/mol. The van der Waals surface area contributed by atoms with Gasteiger partial charge in [0.15, 0.2) is 5.96 Å². The van der Waals surface area contributed by atoms with Crippen LogP contribution in [0.15, 0.2) is 29.3 Å². The maximum atomic E-state index is 12.4. The predicted octanol–water partition coefficient (Wildman–Crippen LogP) is 3.49. The van der Waals surface area contributed by atoms with Crippen LogP contribution in [-0.4, -0.2) is 49.6 Å². The van der Waals surface area contributed by atoms with Crippen LogP contribution in [0.1, 0.15) is 12.0 Å². The smallest absolute Gasteiger partial charge is 0.406 e. The zero-order valence-electron chi connectivity index (χ0n) is 14.7. The van der Waals surface area contributed by atoms with E-state index in [0.717, 1.165) is 0 Å². The van der Waals surface area contributed by atoms with Crippen LogP contribution in [0.25, 0.3) is 0 Å². The highest BCUT2D eigenvalue weighted by Gasteiger charge is 2.34. The lowest BCUT2D eigenvalue weighted by Gasteiger charge is -2.18. The van der Waals surface area contributed by atoms with Gasteiger partial charge >= 0.3 is 12.5 Å². The van der Waals surface area contributed by atoms with E-state index in [0.29, 0.717) is 31.6 Å². The minimum absolute atomic E-state index is 0. The number of guanidine groups is 1. The third-order valence-electron chi connectivity index (χ3n) is 3.93. The maximum Gasteiger partial charge on any atom is 0.573 e. The highest BCUT2D eigenvalue weighted by atomic mass is 127. The fraction of sp³-hybridized carbons (Fsp3) is 0.562. The molecule has 1 saturated heterocycles. The van der Waals surface area contributed by atoms with Crippen LogP contribution in [0.4, 0.5) is 26.3 Å². The second-order valence-electron chi connectivity index (χ2n) is 6.28. The summed E-state index contributed by atoms with van der Waals surface area (Å²) < 4.78 is 77.1. The molecule has 12 heteroatoms. The van der Waals surface area contributed by atoms with Gasteiger partial charge in [-0.2, -0.15) is 13.2 Å². The van der Waals surface area contributed by atoms with E-state index in [1.54, 1.807) is 0 Å². The first-order valence-electron chi connectivity index (χ1n) is 8.18. The average molecular weight is 526 g/mol. The Morgan fingerprint density at radius 1 is 1.18 bits per heavy atom. The third-order valence-corrected chi connectivity index (χ3v) is 3.93. The molecule has 0 saturated carbocycles. The van der Waals surface area contributed by atoms with Gasteiger partial charge in [0, 0.05) is 13.1 Å². The molecule has 1 heterocycles. The molecule has 28 heavy (non-hydrogen) atoms. The van der Waals surface area contributed by atoms with Gasteiger partial charge in [-0.15, -0.1) is 37.1 Å². The number of nitrogens with two attached hydrogens (primary N) is 1. The number of aliphatic imine (C=N–C) groups is 1. The van der Waals surface area contributed by atoms with Crippen LogP contribution in [-0.2, 0) is 6.54 Å². The topological polar surface area (TPSA) is 62.9 Å². The molecule has 1 aliphatic heterocycles. The second-order valence-corrected chi connectivity index (χ2v) is 6.28. The lowest BCUT2D eigenvalue weighted by molar-refractivity contribution is -0.274. The van der Waals surface area contributed by atoms with Crippen molar-refractivity contribution in [2.75, 3.05) is 26.2 Å². The Labute approximate surface area is 175 Å². The SMILES string of the molecule is I.NC(=NCc1ccc(OC(F)(F)F)cc1)NCC1CCN(CC(F)(F)F)C1. The Bertz CT molecular complexity index is 636. The molecule has 3 N–H and O–H groups in total. The van der Waals surface area contributed by atoms with Gasteiger partial charge in [0.25, 0.3) is 0 Å². The highest BCUT2D eigenvalue weighted by Crippen LogP contribution is 2.23. The van der Waals surface area contributed by atoms with Crippen molar-refractivity contribution in [2.45, 2.75) is 25.5 Å². The number of rotatable bonds is 6. The number of hydrogen-bond acceptors (Lipinski definition) is 3. The summed E-state index contributed by atoms with van der Waals surface area (Å²) in [5.74, 6) is -0.161. The Morgan fingerprint density at radius 3 is 2.39 bits per heavy atom. The van der Waals surface area contributed by atoms with Crippen molar-refractivity contribution in [3.63, 3.8) is 0 Å². The fourth-order valence-electron chi connectivity index (χ4n) is 2.75. The van der Waals surface area contributed by atoms with Crippen LogP contribution >= 0.6 is 24.0 Å². The molecule has 160 valence electrons. The van der Waals surface area contributed by atoms with E-state index in [-0.39, 0.29) is 48.1 Å². The predicted molar refractivity (Wildman–Crippen MR) is 102 cm³/mol. The van der Waals surface area contributed by atoms with E-state index < -0.39 is 19.1 Å². The summed E-state index contributed by atoms with van der Waals surface area (Å²) in [4.78, 5) is 5.42. The standard InChI is InChI=1S/C16H20F6N4O.HI/c17-15(18,19)10-26-6-5-12(9-26)8-25-14(23)24-7-11-1-3-13(4-2-11)27-16(20,21)22;/h1-4,12H,5-10H2,(H3,23,24,25);1H. The minimum atomic E-state index is -4.75. The van der Waals surface area contributed by atoms with E-state index in [2.05, 4.69) is 15.0 Å². The van der Waals surface area contributed by atoms with Crippen molar-refractivity contribution in [1.82, 2.24) is 10.2 Å². The zero-order valence-corrected chi connectivity index (χ0v) is 17.0. The molecule has 0 amide bonds. The molecule has 0 bridgehead atoms. The Balaban J connectivity index is 0.00000392. The molecular formula is C16H21F6IN4O. The Kier molecular flexibility index (Phi) is 9.11. The summed E-state index contributed by atoms with van der Waals surface area (Å²) >= 11 is 0. The molecule has 0 radical (unpaired) electrons. The summed E-state index contributed by atoms with van der Waals surface area (Å²) in [5.41, 5.74) is 6.35. The summed E-state index contributed by atoms with van der Waals surface area (Å²) in [6.07, 6.45) is -8.32. The molecule has 0 aliphatic carbocycles. The molecule has 0 aromatic heterocycles. The van der Waals surface area contributed by atoms with Gasteiger partial charge < -0.3 is 15.8 Å². The van der Waals surface area contributed by atoms with E-state index in [1.807, 2.05) is 0 Å². The molecule has 1 unspecified atom stereocenters. The van der Waals surface area contributed by atoms with Crippen LogP contribution in [0.3, 0.4) is 0 Å². The van der Waals surface area contributed by atoms with Crippen molar-refractivity contribution < 1.29 is 31.1 Å². The van der Waals surface area contributed by atoms with Crippen LogP contribution < -0.4 is 15.8 Å². The van der Waals surface area contributed by atoms with Gasteiger partial charge in [0.05, 0.1) is 13.1 Å². The summed E-state index contributed by atoms with van der Waals surface area (Å²) in [7, 11) is 0. The van der Waals surface area contributed by atoms with Gasteiger partial charge in [-0.25, -0.2) is 4.99 Å². The largest absolute Gasteiger partial charge is 0.573 e. The average Bonchev–Trinajstić information content (AvgIpc) is 2.96. The molecule has 1 fully saturated rings. The number of benzene rings is 1. The molecule has 1 aliphatic rings. The lowest BCUT2D eigenvalue weighted by atomic mass is 10.1. The first-order valence-corrected chi connectivity index (χ1v) is 8.18. The van der Waals surface area contributed by atoms with E-state index in [4.69, 9.17) is 5.73 Å². The van der Waals surface area contributed by atoms with Gasteiger partial charge in [-0.3, -0.25) is 4.90 Å². The zero-order chi connectivity index (χ0) is 20.1. The molecule has 2 rings (SSSR count). The summed E-state index contributed by atoms with van der Waals surface area (Å²) in [6, 6.07) is 5.22. The van der Waals surface area contributed by atoms with Crippen molar-refractivity contribution >= 4 is 29.9 Å². The number of nitrogens with one attached hydrogen (secondary N) is 1. The third kappa shape index (κ3) is 9.66. The maximum absolute atomic E-state index is 12.4. The van der Waals surface area contributed by atoms with Crippen LogP contribution in [0, 0.1) is 5.92 Å². The van der Waals surface area contributed by atoms with Gasteiger partial charge in [-0.1, -0.05) is 12.1 Å². The van der Waals surface area contributed by atoms with Crippen molar-refractivity contribution in [1.29, 1.82) is 0 Å². The van der Waals surface area contributed by atoms with Gasteiger partial charge in [0.1, 0.15) is 5.75 Å². The van der Waals surface area contributed by atoms with Crippen molar-refractivity contribution in [2.24, 2.45) is 16.6 Å². The number of likely N-dealkylation sites (tertiary alicyclic amines) is 1. The minimum Gasteiger partial charge on any atom is -0.406 e.